The number of hydrogen-bond donors (Lipinski definition) is 1. The van der Waals surface area contributed by atoms with Crippen LogP contribution in [0.5, 0.6) is 0 Å². The van der Waals surface area contributed by atoms with E-state index < -0.39 is 17.5 Å². The van der Waals surface area contributed by atoms with Crippen molar-refractivity contribution in [2.24, 2.45) is 5.92 Å². The summed E-state index contributed by atoms with van der Waals surface area (Å²) in [5.74, 6) is -2.59. The molecule has 0 radical (unpaired) electrons. The fourth-order valence-corrected chi connectivity index (χ4v) is 2.76. The predicted molar refractivity (Wildman–Crippen MR) is 63.7 cm³/mol. The van der Waals surface area contributed by atoms with E-state index in [9.17, 15) is 13.2 Å². The molecule has 0 bridgehead atoms. The second kappa shape index (κ2) is 5.28. The Balaban J connectivity index is 2.36. The molecular weight excluding hydrogens is 241 g/mol. The van der Waals surface area contributed by atoms with Crippen LogP contribution in [-0.2, 0) is 0 Å². The summed E-state index contributed by atoms with van der Waals surface area (Å²) in [5, 5.41) is 3.06. The molecule has 0 spiro atoms. The summed E-state index contributed by atoms with van der Waals surface area (Å²) in [7, 11) is 3.71. The van der Waals surface area contributed by atoms with Gasteiger partial charge < -0.3 is 5.32 Å². The molecular formula is C13H17F3N2. The standard InChI is InChI=1S/C13H17F3N2/c1-17-7-8-3-4-18(2)13(8)9-5-11(15)12(16)6-10(9)14/h5-6,8,13,17H,3-4,7H2,1-2H3. The van der Waals surface area contributed by atoms with Gasteiger partial charge in [0.05, 0.1) is 0 Å². The van der Waals surface area contributed by atoms with Crippen LogP contribution in [0.4, 0.5) is 13.2 Å². The van der Waals surface area contributed by atoms with E-state index in [2.05, 4.69) is 5.32 Å². The van der Waals surface area contributed by atoms with Gasteiger partial charge >= 0.3 is 0 Å². The first-order valence-corrected chi connectivity index (χ1v) is 6.04. The molecule has 1 aromatic rings. The third kappa shape index (κ3) is 2.37. The lowest BCUT2D eigenvalue weighted by Crippen LogP contribution is -2.27. The molecule has 1 heterocycles. The molecule has 0 aromatic heterocycles. The molecule has 1 aromatic carbocycles. The van der Waals surface area contributed by atoms with Gasteiger partial charge in [-0.3, -0.25) is 4.90 Å². The zero-order valence-electron chi connectivity index (χ0n) is 10.5. The van der Waals surface area contributed by atoms with E-state index in [4.69, 9.17) is 0 Å². The Morgan fingerprint density at radius 3 is 2.56 bits per heavy atom. The van der Waals surface area contributed by atoms with E-state index in [0.29, 0.717) is 6.07 Å². The number of nitrogens with zero attached hydrogens (tertiary/aromatic N) is 1. The first kappa shape index (κ1) is 13.4. The number of hydrogen-bond acceptors (Lipinski definition) is 2. The van der Waals surface area contributed by atoms with Gasteiger partial charge in [-0.25, -0.2) is 13.2 Å². The Hall–Kier alpha value is -1.07. The quantitative estimate of drug-likeness (QED) is 0.837. The summed E-state index contributed by atoms with van der Waals surface area (Å²) in [6.07, 6.45) is 0.917. The first-order chi connectivity index (χ1) is 8.54. The highest BCUT2D eigenvalue weighted by atomic mass is 19.2. The second-order valence-electron chi connectivity index (χ2n) is 4.82. The average molecular weight is 258 g/mol. The smallest absolute Gasteiger partial charge is 0.161 e. The van der Waals surface area contributed by atoms with Gasteiger partial charge in [0.2, 0.25) is 0 Å². The van der Waals surface area contributed by atoms with Gasteiger partial charge in [0.25, 0.3) is 0 Å². The van der Waals surface area contributed by atoms with Crippen molar-refractivity contribution in [3.05, 3.63) is 35.1 Å². The summed E-state index contributed by atoms with van der Waals surface area (Å²) in [6.45, 7) is 1.56. The van der Waals surface area contributed by atoms with Crippen molar-refractivity contribution in [1.82, 2.24) is 10.2 Å². The lowest BCUT2D eigenvalue weighted by Gasteiger charge is -2.26. The highest BCUT2D eigenvalue weighted by Crippen LogP contribution is 2.37. The van der Waals surface area contributed by atoms with Crippen molar-refractivity contribution in [2.75, 3.05) is 27.2 Å². The maximum atomic E-state index is 13.8. The summed E-state index contributed by atoms with van der Waals surface area (Å²) in [6, 6.07) is 1.42. The van der Waals surface area contributed by atoms with E-state index in [1.165, 1.54) is 0 Å². The maximum Gasteiger partial charge on any atom is 0.161 e. The molecule has 0 saturated carbocycles. The third-order valence-electron chi connectivity index (χ3n) is 3.60. The molecule has 0 amide bonds. The third-order valence-corrected chi connectivity index (χ3v) is 3.60. The highest BCUT2D eigenvalue weighted by molar-refractivity contribution is 5.25. The molecule has 100 valence electrons. The largest absolute Gasteiger partial charge is 0.319 e. The average Bonchev–Trinajstić information content (AvgIpc) is 2.66. The summed E-state index contributed by atoms with van der Waals surface area (Å²) in [5.41, 5.74) is 0.245. The lowest BCUT2D eigenvalue weighted by molar-refractivity contribution is 0.266. The number of rotatable bonds is 3. The molecule has 1 aliphatic heterocycles. The first-order valence-electron chi connectivity index (χ1n) is 6.04. The van der Waals surface area contributed by atoms with Gasteiger partial charge in [-0.15, -0.1) is 0 Å². The minimum absolute atomic E-state index is 0.201. The summed E-state index contributed by atoms with van der Waals surface area (Å²) >= 11 is 0. The maximum absolute atomic E-state index is 13.8. The van der Waals surface area contributed by atoms with E-state index in [1.807, 2.05) is 19.0 Å². The Morgan fingerprint density at radius 1 is 1.22 bits per heavy atom. The van der Waals surface area contributed by atoms with Crippen LogP contribution < -0.4 is 5.32 Å². The van der Waals surface area contributed by atoms with Crippen LogP contribution in [0.2, 0.25) is 0 Å². The van der Waals surface area contributed by atoms with Gasteiger partial charge in [-0.2, -0.15) is 0 Å². The minimum Gasteiger partial charge on any atom is -0.319 e. The molecule has 5 heteroatoms. The van der Waals surface area contributed by atoms with E-state index >= 15 is 0 Å². The van der Waals surface area contributed by atoms with E-state index in [-0.39, 0.29) is 17.5 Å². The van der Waals surface area contributed by atoms with Crippen LogP contribution in [-0.4, -0.2) is 32.1 Å². The minimum atomic E-state index is -1.14. The number of nitrogens with one attached hydrogen (secondary N) is 1. The van der Waals surface area contributed by atoms with Crippen molar-refractivity contribution in [1.29, 1.82) is 0 Å². The zero-order valence-corrected chi connectivity index (χ0v) is 10.5. The van der Waals surface area contributed by atoms with Crippen LogP contribution in [0.25, 0.3) is 0 Å². The lowest BCUT2D eigenvalue weighted by atomic mass is 9.93. The van der Waals surface area contributed by atoms with E-state index in [1.54, 1.807) is 0 Å². The molecule has 1 aliphatic rings. The normalized spacial score (nSPS) is 24.7. The van der Waals surface area contributed by atoms with Crippen LogP contribution >= 0.6 is 0 Å². The molecule has 1 saturated heterocycles. The van der Waals surface area contributed by atoms with Gasteiger partial charge in [-0.1, -0.05) is 0 Å². The Kier molecular flexibility index (Phi) is 3.92. The molecule has 2 atom stereocenters. The molecule has 18 heavy (non-hydrogen) atoms. The van der Waals surface area contributed by atoms with Crippen molar-refractivity contribution < 1.29 is 13.2 Å². The van der Waals surface area contributed by atoms with Crippen molar-refractivity contribution in [2.45, 2.75) is 12.5 Å². The monoisotopic (exact) mass is 258 g/mol. The molecule has 1 fully saturated rings. The Morgan fingerprint density at radius 2 is 1.89 bits per heavy atom. The van der Waals surface area contributed by atoms with Crippen molar-refractivity contribution in [3.63, 3.8) is 0 Å². The topological polar surface area (TPSA) is 15.3 Å². The molecule has 1 N–H and O–H groups in total. The van der Waals surface area contributed by atoms with Gasteiger partial charge in [-0.05, 0) is 45.6 Å². The molecule has 2 rings (SSSR count). The molecule has 0 aliphatic carbocycles. The molecule has 2 unspecified atom stereocenters. The Labute approximate surface area is 105 Å². The van der Waals surface area contributed by atoms with Crippen LogP contribution in [0.1, 0.15) is 18.0 Å². The fraction of sp³-hybridized carbons (Fsp3) is 0.538. The highest BCUT2D eigenvalue weighted by Gasteiger charge is 2.34. The van der Waals surface area contributed by atoms with Gasteiger partial charge in [0.15, 0.2) is 11.6 Å². The van der Waals surface area contributed by atoms with Crippen molar-refractivity contribution in [3.8, 4) is 0 Å². The van der Waals surface area contributed by atoms with Gasteiger partial charge in [0.1, 0.15) is 5.82 Å². The van der Waals surface area contributed by atoms with Crippen LogP contribution in [0, 0.1) is 23.4 Å². The number of benzene rings is 1. The summed E-state index contributed by atoms with van der Waals surface area (Å²) in [4.78, 5) is 1.98. The van der Waals surface area contributed by atoms with Gasteiger partial charge in [0, 0.05) is 17.7 Å². The SMILES string of the molecule is CNCC1CCN(C)C1c1cc(F)c(F)cc1F. The summed E-state index contributed by atoms with van der Waals surface area (Å²) < 4.78 is 40.0. The molecule has 2 nitrogen and oxygen atoms in total. The van der Waals surface area contributed by atoms with Crippen molar-refractivity contribution >= 4 is 0 Å². The van der Waals surface area contributed by atoms with Crippen LogP contribution in [0.3, 0.4) is 0 Å². The van der Waals surface area contributed by atoms with E-state index in [0.717, 1.165) is 25.6 Å². The number of halogens is 3. The zero-order chi connectivity index (χ0) is 13.3. The fourth-order valence-electron chi connectivity index (χ4n) is 2.76. The Bertz CT molecular complexity index is 434. The predicted octanol–water partition coefficient (Wildman–Crippen LogP) is 2.32. The number of likely N-dealkylation sites (tertiary alicyclic amines) is 1. The second-order valence-corrected chi connectivity index (χ2v) is 4.82. The van der Waals surface area contributed by atoms with Crippen LogP contribution in [0.15, 0.2) is 12.1 Å².